The van der Waals surface area contributed by atoms with Gasteiger partial charge in [0.2, 0.25) is 0 Å². The number of alkyl halides is 12. The van der Waals surface area contributed by atoms with Crippen molar-refractivity contribution >= 4 is 5.97 Å². The highest BCUT2D eigenvalue weighted by Crippen LogP contribution is 2.61. The van der Waals surface area contributed by atoms with Gasteiger partial charge in [0.15, 0.2) is 0 Å². The molecule has 0 amide bonds. The Balaban J connectivity index is 5.38. The number of hydrogen-bond acceptors (Lipinski definition) is 5. The number of carbonyl (C=O) groups is 1. The fourth-order valence-electron chi connectivity index (χ4n) is 3.25. The lowest BCUT2D eigenvalue weighted by atomic mass is 9.88. The fraction of sp³-hybridized carbons (Fsp3) is 0.870. The second kappa shape index (κ2) is 14.9. The summed E-state index contributed by atoms with van der Waals surface area (Å²) in [6.45, 7) is 2.40. The molecule has 0 bridgehead atoms. The van der Waals surface area contributed by atoms with Crippen LogP contribution in [-0.2, 0) is 14.3 Å². The Morgan fingerprint density at radius 3 is 1.65 bits per heavy atom. The molecular formula is C23H32F12O5. The molecule has 0 saturated heterocycles. The van der Waals surface area contributed by atoms with Gasteiger partial charge in [0, 0.05) is 30.9 Å². The van der Waals surface area contributed by atoms with Gasteiger partial charge in [0.25, 0.3) is 0 Å². The van der Waals surface area contributed by atoms with Crippen LogP contribution in [0, 0.1) is 5.92 Å². The van der Waals surface area contributed by atoms with Gasteiger partial charge >= 0.3 is 41.5 Å². The summed E-state index contributed by atoms with van der Waals surface area (Å²) < 4.78 is 176. The van der Waals surface area contributed by atoms with Crippen LogP contribution in [0.2, 0.25) is 0 Å². The molecule has 5 nitrogen and oxygen atoms in total. The molecule has 0 aromatic rings. The Bertz CT molecular complexity index is 805. The average Bonchev–Trinajstić information content (AvgIpc) is 2.85. The van der Waals surface area contributed by atoms with Crippen LogP contribution in [0.4, 0.5) is 52.7 Å². The second-order valence-corrected chi connectivity index (χ2v) is 9.06. The Hall–Kier alpha value is -1.75. The molecule has 1 unspecified atom stereocenters. The van der Waals surface area contributed by atoms with E-state index >= 15 is 0 Å². The lowest BCUT2D eigenvalue weighted by molar-refractivity contribution is -0.425. The summed E-state index contributed by atoms with van der Waals surface area (Å²) in [6.07, 6.45) is -7.09. The van der Waals surface area contributed by atoms with Crippen molar-refractivity contribution in [1.29, 1.82) is 0 Å². The minimum atomic E-state index is -7.64. The first-order valence-electron chi connectivity index (χ1n) is 12.0. The minimum absolute atomic E-state index is 0.101. The minimum Gasteiger partial charge on any atom is -0.462 e. The van der Waals surface area contributed by atoms with Gasteiger partial charge in [-0.3, -0.25) is 0 Å². The third-order valence-corrected chi connectivity index (χ3v) is 5.74. The number of rotatable bonds is 21. The molecule has 0 aliphatic heterocycles. The zero-order chi connectivity index (χ0) is 31.6. The quantitative estimate of drug-likeness (QED) is 0.0689. The molecule has 0 radical (unpaired) electrons. The first-order chi connectivity index (χ1) is 18.1. The van der Waals surface area contributed by atoms with Crippen molar-refractivity contribution < 1.29 is 77.2 Å². The van der Waals surface area contributed by atoms with E-state index in [0.29, 0.717) is 0 Å². The smallest absolute Gasteiger partial charge is 0.384 e. The molecule has 0 aliphatic rings. The third kappa shape index (κ3) is 8.63. The van der Waals surface area contributed by atoms with Crippen molar-refractivity contribution in [3.05, 3.63) is 12.2 Å². The predicted molar refractivity (Wildman–Crippen MR) is 116 cm³/mol. The van der Waals surface area contributed by atoms with E-state index in [0.717, 1.165) is 0 Å². The van der Waals surface area contributed by atoms with Crippen molar-refractivity contribution in [2.75, 3.05) is 33.0 Å². The Kier molecular flexibility index (Phi) is 14.3. The topological polar surface area (TPSA) is 76.0 Å². The monoisotopic (exact) mass is 616 g/mol. The number of aliphatic hydroxyl groups is 2. The first-order valence-corrected chi connectivity index (χ1v) is 12.0. The summed E-state index contributed by atoms with van der Waals surface area (Å²) in [5, 5.41) is 17.8. The molecule has 0 fully saturated rings. The van der Waals surface area contributed by atoms with Gasteiger partial charge < -0.3 is 19.7 Å². The maximum absolute atomic E-state index is 14.0. The number of esters is 1. The van der Waals surface area contributed by atoms with Gasteiger partial charge in [-0.15, -0.1) is 0 Å². The highest BCUT2D eigenvalue weighted by Gasteiger charge is 2.89. The lowest BCUT2D eigenvalue weighted by Crippen LogP contribution is -2.70. The van der Waals surface area contributed by atoms with E-state index in [4.69, 9.17) is 9.84 Å². The number of halogens is 12. The number of unbranched alkanes of at least 4 members (excludes halogenated alkanes) is 2. The van der Waals surface area contributed by atoms with Crippen molar-refractivity contribution in [2.24, 2.45) is 5.92 Å². The van der Waals surface area contributed by atoms with Gasteiger partial charge in [0.1, 0.15) is 0 Å². The molecule has 0 aromatic heterocycles. The van der Waals surface area contributed by atoms with E-state index in [9.17, 15) is 62.6 Å². The molecule has 1 atom stereocenters. The number of hydrogen-bond donors (Lipinski definition) is 2. The van der Waals surface area contributed by atoms with Crippen LogP contribution in [-0.4, -0.2) is 84.8 Å². The van der Waals surface area contributed by atoms with Crippen LogP contribution in [0.5, 0.6) is 0 Å². The van der Waals surface area contributed by atoms with Crippen molar-refractivity contribution in [3.8, 4) is 0 Å². The van der Waals surface area contributed by atoms with E-state index in [1.54, 1.807) is 0 Å². The van der Waals surface area contributed by atoms with E-state index in [1.807, 2.05) is 0 Å². The summed E-state index contributed by atoms with van der Waals surface area (Å²) in [5.41, 5.74) is -0.364. The van der Waals surface area contributed by atoms with Gasteiger partial charge in [-0.1, -0.05) is 26.3 Å². The Morgan fingerprint density at radius 2 is 1.23 bits per heavy atom. The molecule has 40 heavy (non-hydrogen) atoms. The molecule has 0 saturated carbocycles. The van der Waals surface area contributed by atoms with Crippen LogP contribution in [0.3, 0.4) is 0 Å². The Morgan fingerprint density at radius 1 is 0.750 bits per heavy atom. The average molecular weight is 616 g/mol. The molecule has 0 heterocycles. The molecule has 0 spiro atoms. The number of carbonyl (C=O) groups excluding carboxylic acids is 1. The predicted octanol–water partition coefficient (Wildman–Crippen LogP) is 6.27. The van der Waals surface area contributed by atoms with Crippen LogP contribution in [0.1, 0.15) is 51.9 Å². The maximum Gasteiger partial charge on any atom is 0.384 e. The fourth-order valence-corrected chi connectivity index (χ4v) is 3.25. The van der Waals surface area contributed by atoms with Crippen molar-refractivity contribution in [1.82, 2.24) is 0 Å². The van der Waals surface area contributed by atoms with Crippen LogP contribution in [0.25, 0.3) is 0 Å². The molecule has 2 N–H and O–H groups in total. The lowest BCUT2D eigenvalue weighted by Gasteiger charge is -2.41. The first kappa shape index (κ1) is 38.2. The molecule has 0 rings (SSSR count). The summed E-state index contributed by atoms with van der Waals surface area (Å²) >= 11 is 0. The number of ether oxygens (including phenoxy) is 2. The summed E-state index contributed by atoms with van der Waals surface area (Å²) in [6, 6.07) is 0. The molecule has 238 valence electrons. The van der Waals surface area contributed by atoms with Crippen LogP contribution >= 0.6 is 0 Å². The number of aliphatic hydroxyl groups excluding tert-OH is 2. The zero-order valence-electron chi connectivity index (χ0n) is 21.4. The third-order valence-electron chi connectivity index (χ3n) is 5.74. The van der Waals surface area contributed by atoms with Gasteiger partial charge in [0.05, 0.1) is 26.4 Å². The second-order valence-electron chi connectivity index (χ2n) is 9.06. The van der Waals surface area contributed by atoms with Crippen LogP contribution < -0.4 is 0 Å². The van der Waals surface area contributed by atoms with Gasteiger partial charge in [-0.25, -0.2) is 4.79 Å². The maximum atomic E-state index is 14.0. The zero-order valence-corrected chi connectivity index (χ0v) is 21.4. The van der Waals surface area contributed by atoms with Gasteiger partial charge in [-0.2, -0.15) is 52.7 Å². The summed E-state index contributed by atoms with van der Waals surface area (Å²) in [4.78, 5) is 11.8. The Labute approximate surface area is 222 Å². The van der Waals surface area contributed by atoms with Crippen molar-refractivity contribution in [2.45, 2.75) is 87.4 Å². The SMILES string of the molecule is C=C(CC(CO)COCCO)C(=O)OCCCC(F)(F)C(F)(F)C(F)(F)C(F)(F)C(F)(F)C(F)(F)CCCCC. The van der Waals surface area contributed by atoms with Gasteiger partial charge in [-0.05, 0) is 19.3 Å². The van der Waals surface area contributed by atoms with E-state index in [1.165, 1.54) is 6.92 Å². The molecule has 0 aliphatic carbocycles. The summed E-state index contributed by atoms with van der Waals surface area (Å²) in [5.74, 6) is -43.7. The normalized spacial score (nSPS) is 14.8. The molecule has 0 aromatic carbocycles. The largest absolute Gasteiger partial charge is 0.462 e. The highest BCUT2D eigenvalue weighted by molar-refractivity contribution is 5.87. The summed E-state index contributed by atoms with van der Waals surface area (Å²) in [7, 11) is 0. The standard InChI is InChI=1S/C23H32F12O5/c1-3-4-5-7-18(24,25)20(28,29)22(32,33)23(34,35)21(30,31)19(26,27)8-6-10-40-17(38)15(2)12-16(13-37)14-39-11-9-36/h16,36-37H,2-14H2,1H3. The van der Waals surface area contributed by atoms with Crippen LogP contribution in [0.15, 0.2) is 12.2 Å². The molecule has 17 heteroatoms. The highest BCUT2D eigenvalue weighted by atomic mass is 19.4. The van der Waals surface area contributed by atoms with E-state index < -0.39 is 86.3 Å². The van der Waals surface area contributed by atoms with Crippen molar-refractivity contribution in [3.63, 3.8) is 0 Å². The van der Waals surface area contributed by atoms with E-state index in [-0.39, 0.29) is 44.7 Å². The van der Waals surface area contributed by atoms with E-state index in [2.05, 4.69) is 11.3 Å². The molecular weight excluding hydrogens is 584 g/mol.